The van der Waals surface area contributed by atoms with Crippen LogP contribution in [0.3, 0.4) is 0 Å². The minimum Gasteiger partial charge on any atom is -0.355 e. The summed E-state index contributed by atoms with van der Waals surface area (Å²) < 4.78 is 0. The zero-order valence-corrected chi connectivity index (χ0v) is 15.4. The maximum Gasteiger partial charge on any atom is 0.228 e. The van der Waals surface area contributed by atoms with Crippen molar-refractivity contribution < 1.29 is 9.59 Å². The van der Waals surface area contributed by atoms with E-state index in [1.54, 1.807) is 0 Å². The zero-order valence-electron chi connectivity index (χ0n) is 15.4. The summed E-state index contributed by atoms with van der Waals surface area (Å²) in [6.45, 7) is 10.2. The lowest BCUT2D eigenvalue weighted by Crippen LogP contribution is -2.62. The third-order valence-electron chi connectivity index (χ3n) is 5.54. The number of carbonyl (C=O) groups is 2. The van der Waals surface area contributed by atoms with Crippen molar-refractivity contribution in [1.82, 2.24) is 10.2 Å². The molecule has 1 N–H and O–H groups in total. The van der Waals surface area contributed by atoms with Gasteiger partial charge >= 0.3 is 0 Å². The molecule has 132 valence electrons. The minimum atomic E-state index is -0.335. The highest BCUT2D eigenvalue weighted by molar-refractivity contribution is 5.88. The first-order valence-electron chi connectivity index (χ1n) is 9.44. The Bertz CT molecular complexity index is 433. The summed E-state index contributed by atoms with van der Waals surface area (Å²) in [4.78, 5) is 27.5. The number of piperidine rings is 1. The summed E-state index contributed by atoms with van der Waals surface area (Å²) in [5.41, 5.74) is -0.335. The van der Waals surface area contributed by atoms with E-state index < -0.39 is 0 Å². The molecule has 1 aliphatic carbocycles. The van der Waals surface area contributed by atoms with Crippen molar-refractivity contribution in [1.29, 1.82) is 0 Å². The van der Waals surface area contributed by atoms with Crippen LogP contribution in [-0.2, 0) is 9.59 Å². The third-order valence-corrected chi connectivity index (χ3v) is 5.54. The molecule has 4 nitrogen and oxygen atoms in total. The van der Waals surface area contributed by atoms with Crippen molar-refractivity contribution in [3.05, 3.63) is 0 Å². The lowest BCUT2D eigenvalue weighted by molar-refractivity contribution is -0.155. The van der Waals surface area contributed by atoms with Crippen LogP contribution < -0.4 is 5.32 Å². The number of hydrogen-bond acceptors (Lipinski definition) is 2. The van der Waals surface area contributed by atoms with Gasteiger partial charge in [-0.05, 0) is 37.5 Å². The Labute approximate surface area is 141 Å². The molecule has 0 radical (unpaired) electrons. The summed E-state index contributed by atoms with van der Waals surface area (Å²) in [7, 11) is 0. The number of amides is 2. The molecule has 0 bridgehead atoms. The topological polar surface area (TPSA) is 49.4 Å². The Morgan fingerprint density at radius 2 is 1.96 bits per heavy atom. The van der Waals surface area contributed by atoms with E-state index in [0.717, 1.165) is 51.6 Å². The average molecular weight is 322 g/mol. The van der Waals surface area contributed by atoms with Gasteiger partial charge in [-0.2, -0.15) is 0 Å². The van der Waals surface area contributed by atoms with Crippen molar-refractivity contribution in [2.24, 2.45) is 17.3 Å². The molecule has 0 aromatic rings. The first kappa shape index (κ1) is 18.3. The molecule has 4 heteroatoms. The lowest BCUT2D eigenvalue weighted by Gasteiger charge is -2.51. The number of fused-ring (bicyclic) bond motifs is 1. The highest BCUT2D eigenvalue weighted by Crippen LogP contribution is 2.46. The maximum absolute atomic E-state index is 13.0. The van der Waals surface area contributed by atoms with Gasteiger partial charge in [0.15, 0.2) is 0 Å². The van der Waals surface area contributed by atoms with Gasteiger partial charge in [0.2, 0.25) is 11.8 Å². The van der Waals surface area contributed by atoms with Crippen LogP contribution in [0.5, 0.6) is 0 Å². The number of nitrogens with one attached hydrogen (secondary N) is 1. The summed E-state index contributed by atoms with van der Waals surface area (Å²) in [6.07, 6.45) is 6.45. The molecule has 2 rings (SSSR count). The van der Waals surface area contributed by atoms with Gasteiger partial charge in [0.05, 0.1) is 5.41 Å². The molecule has 1 aliphatic heterocycles. The molecule has 0 aromatic carbocycles. The highest BCUT2D eigenvalue weighted by atomic mass is 16.2. The van der Waals surface area contributed by atoms with E-state index in [9.17, 15) is 9.59 Å². The number of rotatable bonds is 6. The monoisotopic (exact) mass is 322 g/mol. The van der Waals surface area contributed by atoms with E-state index in [1.165, 1.54) is 0 Å². The SMILES string of the molecule is CC(C)CCN1C(=O)CC[C@]2(C(=O)NCC(C)C)CCCC[C@@H]12. The predicted molar refractivity (Wildman–Crippen MR) is 92.9 cm³/mol. The van der Waals surface area contributed by atoms with Gasteiger partial charge in [-0.25, -0.2) is 0 Å². The van der Waals surface area contributed by atoms with Crippen LogP contribution in [0.15, 0.2) is 0 Å². The molecule has 1 saturated carbocycles. The molecular weight excluding hydrogens is 288 g/mol. The Kier molecular flexibility index (Phi) is 6.10. The van der Waals surface area contributed by atoms with Gasteiger partial charge in [0.25, 0.3) is 0 Å². The third kappa shape index (κ3) is 4.07. The summed E-state index contributed by atoms with van der Waals surface area (Å²) in [5, 5.41) is 3.17. The van der Waals surface area contributed by atoms with Gasteiger partial charge < -0.3 is 10.2 Å². The molecule has 2 aliphatic rings. The van der Waals surface area contributed by atoms with Crippen LogP contribution in [0, 0.1) is 17.3 Å². The molecular formula is C19H34N2O2. The highest BCUT2D eigenvalue weighted by Gasteiger charge is 2.52. The minimum absolute atomic E-state index is 0.114. The van der Waals surface area contributed by atoms with E-state index in [0.29, 0.717) is 18.3 Å². The Morgan fingerprint density at radius 1 is 1.22 bits per heavy atom. The quantitative estimate of drug-likeness (QED) is 0.815. The fourth-order valence-corrected chi connectivity index (χ4v) is 4.14. The Morgan fingerprint density at radius 3 is 2.61 bits per heavy atom. The molecule has 2 atom stereocenters. The molecule has 23 heavy (non-hydrogen) atoms. The second-order valence-electron chi connectivity index (χ2n) is 8.29. The smallest absolute Gasteiger partial charge is 0.228 e. The van der Waals surface area contributed by atoms with Crippen molar-refractivity contribution in [2.75, 3.05) is 13.1 Å². The van der Waals surface area contributed by atoms with E-state index in [4.69, 9.17) is 0 Å². The van der Waals surface area contributed by atoms with E-state index in [-0.39, 0.29) is 23.3 Å². The van der Waals surface area contributed by atoms with Gasteiger partial charge in [0.1, 0.15) is 0 Å². The maximum atomic E-state index is 13.0. The van der Waals surface area contributed by atoms with Gasteiger partial charge in [-0.1, -0.05) is 40.5 Å². The number of nitrogens with zero attached hydrogens (tertiary/aromatic N) is 1. The molecule has 1 heterocycles. The molecule has 0 aromatic heterocycles. The summed E-state index contributed by atoms with van der Waals surface area (Å²) in [6, 6.07) is 0.114. The van der Waals surface area contributed by atoms with E-state index in [1.807, 2.05) is 0 Å². The Hall–Kier alpha value is -1.06. The van der Waals surface area contributed by atoms with Crippen molar-refractivity contribution in [3.8, 4) is 0 Å². The number of likely N-dealkylation sites (tertiary alicyclic amines) is 1. The van der Waals surface area contributed by atoms with Crippen LogP contribution in [0.4, 0.5) is 0 Å². The molecule has 0 spiro atoms. The molecule has 0 unspecified atom stereocenters. The second kappa shape index (κ2) is 7.67. The fraction of sp³-hybridized carbons (Fsp3) is 0.895. The standard InChI is InChI=1S/C19H34N2O2/c1-14(2)9-12-21-16-7-5-6-10-19(16,11-8-17(21)22)18(23)20-13-15(3)4/h14-16H,5-13H2,1-4H3,(H,20,23)/t16-,19-/m1/s1. The van der Waals surface area contributed by atoms with Crippen LogP contribution in [0.1, 0.15) is 72.6 Å². The van der Waals surface area contributed by atoms with Crippen LogP contribution in [-0.4, -0.2) is 35.8 Å². The van der Waals surface area contributed by atoms with Gasteiger partial charge in [0, 0.05) is 25.6 Å². The first-order chi connectivity index (χ1) is 10.9. The van der Waals surface area contributed by atoms with Crippen LogP contribution in [0.2, 0.25) is 0 Å². The predicted octanol–water partition coefficient (Wildman–Crippen LogP) is 3.36. The normalized spacial score (nSPS) is 28.2. The van der Waals surface area contributed by atoms with Crippen molar-refractivity contribution >= 4 is 11.8 Å². The second-order valence-corrected chi connectivity index (χ2v) is 8.29. The first-order valence-corrected chi connectivity index (χ1v) is 9.44. The largest absolute Gasteiger partial charge is 0.355 e. The van der Waals surface area contributed by atoms with Crippen LogP contribution >= 0.6 is 0 Å². The molecule has 1 saturated heterocycles. The average Bonchev–Trinajstić information content (AvgIpc) is 2.51. The van der Waals surface area contributed by atoms with Gasteiger partial charge in [-0.15, -0.1) is 0 Å². The van der Waals surface area contributed by atoms with Gasteiger partial charge in [-0.3, -0.25) is 9.59 Å². The zero-order chi connectivity index (χ0) is 17.0. The molecule has 2 amide bonds. The summed E-state index contributed by atoms with van der Waals surface area (Å²) in [5.74, 6) is 1.49. The lowest BCUT2D eigenvalue weighted by atomic mass is 9.64. The van der Waals surface area contributed by atoms with E-state index in [2.05, 4.69) is 37.9 Å². The Balaban J connectivity index is 2.17. The van der Waals surface area contributed by atoms with E-state index >= 15 is 0 Å². The van der Waals surface area contributed by atoms with Crippen LogP contribution in [0.25, 0.3) is 0 Å². The fourth-order valence-electron chi connectivity index (χ4n) is 4.14. The summed E-state index contributed by atoms with van der Waals surface area (Å²) >= 11 is 0. The van der Waals surface area contributed by atoms with Crippen molar-refractivity contribution in [3.63, 3.8) is 0 Å². The molecule has 2 fully saturated rings. The number of carbonyl (C=O) groups excluding carboxylic acids is 2. The number of hydrogen-bond donors (Lipinski definition) is 1. The van der Waals surface area contributed by atoms with Crippen molar-refractivity contribution in [2.45, 2.75) is 78.7 Å².